The maximum Gasteiger partial charge on any atom is 0.116 e. The zero-order chi connectivity index (χ0) is 8.97. The fourth-order valence-corrected chi connectivity index (χ4v) is 1.13. The highest BCUT2D eigenvalue weighted by molar-refractivity contribution is 5.33. The van der Waals surface area contributed by atoms with Crippen LogP contribution >= 0.6 is 0 Å². The van der Waals surface area contributed by atoms with Crippen molar-refractivity contribution in [1.29, 1.82) is 0 Å². The van der Waals surface area contributed by atoms with E-state index in [0.29, 0.717) is 6.61 Å². The first-order chi connectivity index (χ1) is 5.76. The summed E-state index contributed by atoms with van der Waals surface area (Å²) in [6, 6.07) is 5.35. The van der Waals surface area contributed by atoms with Crippen molar-refractivity contribution in [2.24, 2.45) is 5.90 Å². The minimum absolute atomic E-state index is 0.265. The second kappa shape index (κ2) is 4.09. The number of benzene rings is 1. The molecule has 0 saturated carbocycles. The number of phenols is 1. The van der Waals surface area contributed by atoms with E-state index in [1.54, 1.807) is 12.1 Å². The quantitative estimate of drug-likeness (QED) is 0.668. The lowest BCUT2D eigenvalue weighted by Crippen LogP contribution is -1.99. The molecule has 3 nitrogen and oxygen atoms in total. The normalized spacial score (nSPS) is 10.2. The second-order valence-electron chi connectivity index (χ2n) is 2.67. The Labute approximate surface area is 71.7 Å². The second-order valence-corrected chi connectivity index (χ2v) is 2.67. The molecule has 0 radical (unpaired) electrons. The Bertz CT molecular complexity index is 261. The average molecular weight is 167 g/mol. The summed E-state index contributed by atoms with van der Waals surface area (Å²) in [6.45, 7) is 2.36. The molecule has 0 unspecified atom stereocenters. The van der Waals surface area contributed by atoms with Gasteiger partial charge < -0.3 is 5.11 Å². The molecule has 0 aliphatic heterocycles. The van der Waals surface area contributed by atoms with Crippen molar-refractivity contribution in [1.82, 2.24) is 0 Å². The molecule has 1 aromatic rings. The number of hydrogen-bond acceptors (Lipinski definition) is 3. The minimum atomic E-state index is 0.265. The van der Waals surface area contributed by atoms with Crippen LogP contribution in [0.5, 0.6) is 5.75 Å². The van der Waals surface area contributed by atoms with Crippen molar-refractivity contribution in [3.63, 3.8) is 0 Å². The third-order valence-electron chi connectivity index (χ3n) is 1.70. The van der Waals surface area contributed by atoms with Gasteiger partial charge >= 0.3 is 0 Å². The lowest BCUT2D eigenvalue weighted by Gasteiger charge is -2.03. The molecular formula is C9H13NO2. The van der Waals surface area contributed by atoms with Gasteiger partial charge in [0, 0.05) is 0 Å². The molecule has 0 amide bonds. The van der Waals surface area contributed by atoms with Crippen LogP contribution in [-0.4, -0.2) is 5.11 Å². The van der Waals surface area contributed by atoms with E-state index in [4.69, 9.17) is 5.90 Å². The van der Waals surface area contributed by atoms with Crippen LogP contribution in [0.1, 0.15) is 18.1 Å². The lowest BCUT2D eigenvalue weighted by atomic mass is 10.1. The number of aromatic hydroxyl groups is 1. The molecule has 0 heterocycles. The first-order valence-electron chi connectivity index (χ1n) is 3.89. The van der Waals surface area contributed by atoms with E-state index in [0.717, 1.165) is 17.5 Å². The molecule has 0 aliphatic rings. The Morgan fingerprint density at radius 2 is 2.00 bits per heavy atom. The molecule has 0 aliphatic carbocycles. The third kappa shape index (κ3) is 2.22. The van der Waals surface area contributed by atoms with E-state index in [2.05, 4.69) is 4.84 Å². The third-order valence-corrected chi connectivity index (χ3v) is 1.70. The molecule has 0 aromatic heterocycles. The standard InChI is InChI=1S/C9H13NO2/c1-2-7-3-8(6-12-10)5-9(11)4-7/h3-5,11H,2,6,10H2,1H3. The molecule has 0 fully saturated rings. The Kier molecular flexibility index (Phi) is 3.08. The summed E-state index contributed by atoms with van der Waals surface area (Å²) < 4.78 is 0. The first-order valence-corrected chi connectivity index (χ1v) is 3.89. The van der Waals surface area contributed by atoms with Crippen molar-refractivity contribution in [2.75, 3.05) is 0 Å². The Morgan fingerprint density at radius 1 is 1.33 bits per heavy atom. The summed E-state index contributed by atoms with van der Waals surface area (Å²) in [4.78, 5) is 4.47. The number of aryl methyl sites for hydroxylation is 1. The SMILES string of the molecule is CCc1cc(O)cc(CON)c1. The highest BCUT2D eigenvalue weighted by Crippen LogP contribution is 2.16. The van der Waals surface area contributed by atoms with Gasteiger partial charge in [0.15, 0.2) is 0 Å². The monoisotopic (exact) mass is 167 g/mol. The van der Waals surface area contributed by atoms with Gasteiger partial charge in [0.05, 0.1) is 6.61 Å². The van der Waals surface area contributed by atoms with E-state index in [9.17, 15) is 5.11 Å². The summed E-state index contributed by atoms with van der Waals surface area (Å²) in [5.74, 6) is 5.19. The van der Waals surface area contributed by atoms with Crippen molar-refractivity contribution in [3.8, 4) is 5.75 Å². The van der Waals surface area contributed by atoms with Crippen molar-refractivity contribution < 1.29 is 9.94 Å². The van der Waals surface area contributed by atoms with E-state index < -0.39 is 0 Å². The van der Waals surface area contributed by atoms with Gasteiger partial charge in [-0.1, -0.05) is 13.0 Å². The fraction of sp³-hybridized carbons (Fsp3) is 0.333. The highest BCUT2D eigenvalue weighted by atomic mass is 16.6. The minimum Gasteiger partial charge on any atom is -0.508 e. The van der Waals surface area contributed by atoms with Crippen LogP contribution in [0.25, 0.3) is 0 Å². The number of nitrogens with two attached hydrogens (primary N) is 1. The Balaban J connectivity index is 2.90. The number of hydrogen-bond donors (Lipinski definition) is 2. The van der Waals surface area contributed by atoms with Gasteiger partial charge in [0.25, 0.3) is 0 Å². The molecule has 0 spiro atoms. The zero-order valence-corrected chi connectivity index (χ0v) is 7.08. The van der Waals surface area contributed by atoms with Gasteiger partial charge in [-0.15, -0.1) is 0 Å². The van der Waals surface area contributed by atoms with Crippen LogP contribution in [0.3, 0.4) is 0 Å². The van der Waals surface area contributed by atoms with E-state index >= 15 is 0 Å². The molecule has 1 rings (SSSR count). The predicted octanol–water partition coefficient (Wildman–Crippen LogP) is 1.34. The van der Waals surface area contributed by atoms with Gasteiger partial charge in [-0.3, -0.25) is 4.84 Å². The number of rotatable bonds is 3. The van der Waals surface area contributed by atoms with Gasteiger partial charge in [0.1, 0.15) is 5.75 Å². The summed E-state index contributed by atoms with van der Waals surface area (Å²) in [5, 5.41) is 9.26. The molecular weight excluding hydrogens is 154 g/mol. The molecule has 3 heteroatoms. The van der Waals surface area contributed by atoms with Crippen LogP contribution in [-0.2, 0) is 17.9 Å². The molecule has 12 heavy (non-hydrogen) atoms. The van der Waals surface area contributed by atoms with Gasteiger partial charge in [-0.2, -0.15) is 0 Å². The topological polar surface area (TPSA) is 55.5 Å². The summed E-state index contributed by atoms with van der Waals surface area (Å²) in [6.07, 6.45) is 0.895. The van der Waals surface area contributed by atoms with E-state index in [1.807, 2.05) is 13.0 Å². The Hall–Kier alpha value is -1.06. The highest BCUT2D eigenvalue weighted by Gasteiger charge is 1.98. The van der Waals surface area contributed by atoms with Crippen molar-refractivity contribution in [2.45, 2.75) is 20.0 Å². The van der Waals surface area contributed by atoms with Crippen molar-refractivity contribution in [3.05, 3.63) is 29.3 Å². The molecule has 0 bridgehead atoms. The van der Waals surface area contributed by atoms with Crippen LogP contribution in [0.4, 0.5) is 0 Å². The number of phenolic OH excluding ortho intramolecular Hbond substituents is 1. The van der Waals surface area contributed by atoms with Gasteiger partial charge in [-0.05, 0) is 29.7 Å². The summed E-state index contributed by atoms with van der Waals surface area (Å²) in [7, 11) is 0. The maximum absolute atomic E-state index is 9.26. The summed E-state index contributed by atoms with van der Waals surface area (Å²) in [5.41, 5.74) is 1.98. The predicted molar refractivity (Wildman–Crippen MR) is 46.5 cm³/mol. The fourth-order valence-electron chi connectivity index (χ4n) is 1.13. The van der Waals surface area contributed by atoms with Crippen LogP contribution < -0.4 is 5.90 Å². The smallest absolute Gasteiger partial charge is 0.116 e. The van der Waals surface area contributed by atoms with E-state index in [1.165, 1.54) is 0 Å². The van der Waals surface area contributed by atoms with E-state index in [-0.39, 0.29) is 5.75 Å². The lowest BCUT2D eigenvalue weighted by molar-refractivity contribution is 0.124. The van der Waals surface area contributed by atoms with Crippen LogP contribution in [0.15, 0.2) is 18.2 Å². The first kappa shape index (κ1) is 9.03. The molecule has 66 valence electrons. The molecule has 1 aromatic carbocycles. The Morgan fingerprint density at radius 3 is 2.58 bits per heavy atom. The average Bonchev–Trinajstić information content (AvgIpc) is 2.04. The van der Waals surface area contributed by atoms with Crippen LogP contribution in [0.2, 0.25) is 0 Å². The van der Waals surface area contributed by atoms with Crippen molar-refractivity contribution >= 4 is 0 Å². The maximum atomic E-state index is 9.26. The molecule has 0 saturated heterocycles. The summed E-state index contributed by atoms with van der Waals surface area (Å²) >= 11 is 0. The zero-order valence-electron chi connectivity index (χ0n) is 7.08. The largest absolute Gasteiger partial charge is 0.508 e. The molecule has 3 N–H and O–H groups in total. The van der Waals surface area contributed by atoms with Crippen LogP contribution in [0, 0.1) is 0 Å². The van der Waals surface area contributed by atoms with Gasteiger partial charge in [-0.25, -0.2) is 5.90 Å². The van der Waals surface area contributed by atoms with Gasteiger partial charge in [0.2, 0.25) is 0 Å². The molecule has 0 atom stereocenters.